The molecule has 0 unspecified atom stereocenters. The Hall–Kier alpha value is -1.39. The van der Waals surface area contributed by atoms with Gasteiger partial charge in [0.15, 0.2) is 0 Å². The maximum Gasteiger partial charge on any atom is 0.265 e. The van der Waals surface area contributed by atoms with Crippen LogP contribution in [0.4, 0.5) is 5.95 Å². The van der Waals surface area contributed by atoms with Crippen LogP contribution in [0.2, 0.25) is 0 Å². The van der Waals surface area contributed by atoms with Crippen molar-refractivity contribution in [1.29, 1.82) is 0 Å². The van der Waals surface area contributed by atoms with Crippen LogP contribution in [0.1, 0.15) is 19.7 Å². The number of hydrogen-bond donors (Lipinski definition) is 0. The van der Waals surface area contributed by atoms with Crippen molar-refractivity contribution < 1.29 is 9.32 Å². The monoisotopic (exact) mass is 197 g/mol. The number of aromatic nitrogens is 2. The summed E-state index contributed by atoms with van der Waals surface area (Å²) in [6.45, 7) is 3.71. The van der Waals surface area contributed by atoms with Gasteiger partial charge in [-0.15, -0.1) is 0 Å². The molecule has 1 rings (SSSR count). The molecule has 0 N–H and O–H groups in total. The average molecular weight is 197 g/mol. The normalized spacial score (nSPS) is 10.6. The molecule has 0 aliphatic carbocycles. The fraction of sp³-hybridized carbons (Fsp3) is 0.667. The topological polar surface area (TPSA) is 59.2 Å². The summed E-state index contributed by atoms with van der Waals surface area (Å²) in [4.78, 5) is 17.1. The lowest BCUT2D eigenvalue weighted by Gasteiger charge is -2.02. The summed E-state index contributed by atoms with van der Waals surface area (Å²) in [6, 6.07) is 0. The van der Waals surface area contributed by atoms with Crippen LogP contribution < -0.4 is 4.90 Å². The molecule has 78 valence electrons. The Morgan fingerprint density at radius 1 is 1.50 bits per heavy atom. The van der Waals surface area contributed by atoms with Gasteiger partial charge in [0.1, 0.15) is 5.78 Å². The molecule has 0 saturated heterocycles. The van der Waals surface area contributed by atoms with E-state index in [0.717, 1.165) is 0 Å². The molecular formula is C9H15N3O2. The second-order valence-corrected chi connectivity index (χ2v) is 3.68. The van der Waals surface area contributed by atoms with Gasteiger partial charge < -0.3 is 9.42 Å². The summed E-state index contributed by atoms with van der Waals surface area (Å²) in [5.41, 5.74) is 0. The number of ketones is 1. The second-order valence-electron chi connectivity index (χ2n) is 3.68. The molecule has 0 radical (unpaired) electrons. The Kier molecular flexibility index (Phi) is 3.22. The van der Waals surface area contributed by atoms with Gasteiger partial charge in [-0.25, -0.2) is 0 Å². The number of rotatable bonds is 4. The molecule has 1 heterocycles. The van der Waals surface area contributed by atoms with Crippen molar-refractivity contribution >= 4 is 11.7 Å². The lowest BCUT2D eigenvalue weighted by atomic mass is 10.1. The first-order valence-corrected chi connectivity index (χ1v) is 4.53. The number of Topliss-reactive ketones (excluding diaryl/α,β-unsaturated/α-hetero) is 1. The molecule has 0 amide bonds. The van der Waals surface area contributed by atoms with E-state index in [0.29, 0.717) is 11.8 Å². The summed E-state index contributed by atoms with van der Waals surface area (Å²) in [5, 5.41) is 3.72. The Bertz CT molecular complexity index is 318. The molecule has 0 atom stereocenters. The van der Waals surface area contributed by atoms with Gasteiger partial charge in [0.25, 0.3) is 5.95 Å². The first kappa shape index (κ1) is 10.7. The fourth-order valence-electron chi connectivity index (χ4n) is 0.852. The van der Waals surface area contributed by atoms with E-state index in [4.69, 9.17) is 4.52 Å². The van der Waals surface area contributed by atoms with Gasteiger partial charge in [-0.1, -0.05) is 13.8 Å². The zero-order valence-electron chi connectivity index (χ0n) is 8.94. The van der Waals surface area contributed by atoms with Gasteiger partial charge in [0, 0.05) is 20.0 Å². The quantitative estimate of drug-likeness (QED) is 0.717. The molecule has 1 aromatic rings. The zero-order valence-corrected chi connectivity index (χ0v) is 8.94. The first-order valence-electron chi connectivity index (χ1n) is 4.53. The van der Waals surface area contributed by atoms with Crippen molar-refractivity contribution in [3.05, 3.63) is 5.89 Å². The minimum atomic E-state index is 0.00436. The Labute approximate surface area is 83.1 Å². The summed E-state index contributed by atoms with van der Waals surface area (Å²) in [6.07, 6.45) is 0.221. The molecule has 5 heteroatoms. The van der Waals surface area contributed by atoms with Crippen molar-refractivity contribution in [1.82, 2.24) is 10.1 Å². The van der Waals surface area contributed by atoms with E-state index in [2.05, 4.69) is 10.1 Å². The third kappa shape index (κ3) is 2.55. The Morgan fingerprint density at radius 2 is 2.14 bits per heavy atom. The van der Waals surface area contributed by atoms with Gasteiger partial charge >= 0.3 is 0 Å². The highest BCUT2D eigenvalue weighted by atomic mass is 16.5. The molecule has 1 aromatic heterocycles. The smallest absolute Gasteiger partial charge is 0.265 e. The predicted octanol–water partition coefficient (Wildman–Crippen LogP) is 0.903. The maximum absolute atomic E-state index is 11.3. The number of carbonyl (C=O) groups excluding carboxylic acids is 1. The van der Waals surface area contributed by atoms with E-state index >= 15 is 0 Å². The highest BCUT2D eigenvalue weighted by Gasteiger charge is 2.14. The Morgan fingerprint density at radius 3 is 2.57 bits per heavy atom. The highest BCUT2D eigenvalue weighted by Crippen LogP contribution is 2.08. The molecule has 0 aromatic carbocycles. The summed E-state index contributed by atoms with van der Waals surface area (Å²) in [7, 11) is 3.64. The van der Waals surface area contributed by atoms with Gasteiger partial charge in [0.2, 0.25) is 5.89 Å². The van der Waals surface area contributed by atoms with Crippen LogP contribution in [0, 0.1) is 5.92 Å². The van der Waals surface area contributed by atoms with Crippen LogP contribution in [-0.4, -0.2) is 30.0 Å². The largest absolute Gasteiger partial charge is 0.344 e. The van der Waals surface area contributed by atoms with E-state index in [-0.39, 0.29) is 18.1 Å². The Balaban J connectivity index is 2.64. The number of hydrogen-bond acceptors (Lipinski definition) is 5. The lowest BCUT2D eigenvalue weighted by Crippen LogP contribution is -2.12. The molecule has 0 aliphatic rings. The standard InChI is InChI=1S/C9H15N3O2/c1-6(2)7(13)5-8-10-9(11-14-8)12(3)4/h6H,5H2,1-4H3. The van der Waals surface area contributed by atoms with Crippen LogP contribution in [0.25, 0.3) is 0 Å². The van der Waals surface area contributed by atoms with Crippen molar-refractivity contribution in [2.45, 2.75) is 20.3 Å². The summed E-state index contributed by atoms with van der Waals surface area (Å²) < 4.78 is 4.92. The highest BCUT2D eigenvalue weighted by molar-refractivity contribution is 5.81. The third-order valence-corrected chi connectivity index (χ3v) is 1.83. The summed E-state index contributed by atoms with van der Waals surface area (Å²) in [5.74, 6) is 0.993. The second kappa shape index (κ2) is 4.21. The SMILES string of the molecule is CC(C)C(=O)Cc1nc(N(C)C)no1. The van der Waals surface area contributed by atoms with Gasteiger partial charge in [-0.2, -0.15) is 4.98 Å². The molecule has 5 nitrogen and oxygen atoms in total. The first-order chi connectivity index (χ1) is 6.50. The van der Waals surface area contributed by atoms with Crippen LogP contribution in [0.5, 0.6) is 0 Å². The van der Waals surface area contributed by atoms with Gasteiger partial charge in [0.05, 0.1) is 6.42 Å². The fourth-order valence-corrected chi connectivity index (χ4v) is 0.852. The van der Waals surface area contributed by atoms with Crippen molar-refractivity contribution in [3.8, 4) is 0 Å². The molecule has 0 aliphatic heterocycles. The zero-order chi connectivity index (χ0) is 10.7. The number of carbonyl (C=O) groups is 1. The molecular weight excluding hydrogens is 182 g/mol. The van der Waals surface area contributed by atoms with Crippen LogP contribution in [0.15, 0.2) is 4.52 Å². The lowest BCUT2D eigenvalue weighted by molar-refractivity contribution is -0.121. The van der Waals surface area contributed by atoms with Crippen LogP contribution >= 0.6 is 0 Å². The van der Waals surface area contributed by atoms with Crippen molar-refractivity contribution in [2.75, 3.05) is 19.0 Å². The molecule has 0 saturated carbocycles. The van der Waals surface area contributed by atoms with Crippen molar-refractivity contribution in [2.24, 2.45) is 5.92 Å². The molecule has 0 bridgehead atoms. The van der Waals surface area contributed by atoms with Gasteiger partial charge in [-0.05, 0) is 5.16 Å². The molecule has 0 spiro atoms. The summed E-state index contributed by atoms with van der Waals surface area (Å²) >= 11 is 0. The average Bonchev–Trinajstić information content (AvgIpc) is 2.52. The minimum Gasteiger partial charge on any atom is -0.344 e. The minimum absolute atomic E-state index is 0.00436. The third-order valence-electron chi connectivity index (χ3n) is 1.83. The molecule has 14 heavy (non-hydrogen) atoms. The maximum atomic E-state index is 11.3. The van der Waals surface area contributed by atoms with E-state index < -0.39 is 0 Å². The van der Waals surface area contributed by atoms with Crippen LogP contribution in [-0.2, 0) is 11.2 Å². The van der Waals surface area contributed by atoms with E-state index in [1.807, 2.05) is 27.9 Å². The van der Waals surface area contributed by atoms with E-state index in [9.17, 15) is 4.79 Å². The molecule has 0 fully saturated rings. The number of nitrogens with zero attached hydrogens (tertiary/aromatic N) is 3. The van der Waals surface area contributed by atoms with E-state index in [1.165, 1.54) is 0 Å². The van der Waals surface area contributed by atoms with Crippen LogP contribution in [0.3, 0.4) is 0 Å². The predicted molar refractivity (Wildman–Crippen MR) is 52.2 cm³/mol. The van der Waals surface area contributed by atoms with Crippen molar-refractivity contribution in [3.63, 3.8) is 0 Å². The van der Waals surface area contributed by atoms with Gasteiger partial charge in [-0.3, -0.25) is 4.79 Å². The van der Waals surface area contributed by atoms with E-state index in [1.54, 1.807) is 4.90 Å². The number of anilines is 1.